The Morgan fingerprint density at radius 2 is 1.69 bits per heavy atom. The Kier molecular flexibility index (Phi) is 9.04. The van der Waals surface area contributed by atoms with Crippen LogP contribution in [-0.2, 0) is 14.5 Å². The van der Waals surface area contributed by atoms with Crippen LogP contribution in [0.1, 0.15) is 13.8 Å². The second-order valence-corrected chi connectivity index (χ2v) is 1.65. The van der Waals surface area contributed by atoms with Gasteiger partial charge in [-0.1, -0.05) is 0 Å². The number of ether oxygens (including phenoxy) is 1. The van der Waals surface area contributed by atoms with Crippen LogP contribution in [0.2, 0.25) is 0 Å². The Hall–Kier alpha value is -0.690. The predicted molar refractivity (Wildman–Crippen MR) is 35.4 cm³/mol. The van der Waals surface area contributed by atoms with E-state index < -0.39 is 12.1 Å². The van der Waals surface area contributed by atoms with Crippen LogP contribution < -0.4 is 0 Å². The maximum Gasteiger partial charge on any atom is 0.478 e. The van der Waals surface area contributed by atoms with Gasteiger partial charge in [-0.15, -0.1) is 4.94 Å². The SMILES string of the molecule is CCOCC.O=C(F)C(F)(F)OF. The zero-order valence-electron chi connectivity index (χ0n) is 7.15. The Labute approximate surface area is 72.5 Å². The average molecular weight is 206 g/mol. The van der Waals surface area contributed by atoms with E-state index in [-0.39, 0.29) is 0 Å². The van der Waals surface area contributed by atoms with Crippen molar-refractivity contribution < 1.29 is 32.2 Å². The molecule has 0 radical (unpaired) electrons. The lowest BCUT2D eigenvalue weighted by atomic mass is 10.7. The summed E-state index contributed by atoms with van der Waals surface area (Å²) >= 11 is 0. The van der Waals surface area contributed by atoms with Crippen molar-refractivity contribution in [2.75, 3.05) is 13.2 Å². The summed E-state index contributed by atoms with van der Waals surface area (Å²) in [6.45, 7) is 5.67. The molecule has 0 aromatic rings. The Balaban J connectivity index is 0. The number of carbonyl (C=O) groups excluding carboxylic acids is 1. The van der Waals surface area contributed by atoms with E-state index in [2.05, 4.69) is 0 Å². The highest BCUT2D eigenvalue weighted by Crippen LogP contribution is 2.16. The van der Waals surface area contributed by atoms with Crippen LogP contribution in [0, 0.1) is 0 Å². The minimum absolute atomic E-state index is 0.844. The molecule has 0 N–H and O–H groups in total. The minimum Gasteiger partial charge on any atom is -0.382 e. The molecule has 7 heteroatoms. The van der Waals surface area contributed by atoms with E-state index in [0.29, 0.717) is 0 Å². The molecule has 0 heterocycles. The van der Waals surface area contributed by atoms with Gasteiger partial charge >= 0.3 is 12.1 Å². The van der Waals surface area contributed by atoms with Gasteiger partial charge in [0.2, 0.25) is 0 Å². The summed E-state index contributed by atoms with van der Waals surface area (Å²) in [6.07, 6.45) is -4.93. The molecule has 0 spiro atoms. The molecule has 0 aromatic carbocycles. The van der Waals surface area contributed by atoms with Crippen molar-refractivity contribution in [3.8, 4) is 0 Å². The Morgan fingerprint density at radius 3 is 1.69 bits per heavy atom. The number of carbonyl (C=O) groups is 1. The maximum absolute atomic E-state index is 11.0. The standard InChI is InChI=1S/C4H10O.C2F4O2/c1-3-5-4-2;3-1(7)2(4,5)8-6/h3-4H2,1-2H3;. The van der Waals surface area contributed by atoms with E-state index in [1.165, 1.54) is 0 Å². The molecule has 3 nitrogen and oxygen atoms in total. The number of alkyl halides is 2. The lowest BCUT2D eigenvalue weighted by Crippen LogP contribution is -2.25. The van der Waals surface area contributed by atoms with Gasteiger partial charge in [0.05, 0.1) is 0 Å². The Morgan fingerprint density at radius 1 is 1.31 bits per heavy atom. The molecule has 0 rings (SSSR count). The molecule has 0 bridgehead atoms. The quantitative estimate of drug-likeness (QED) is 0.521. The van der Waals surface area contributed by atoms with E-state index in [1.54, 1.807) is 4.94 Å². The molecule has 0 saturated carbocycles. The zero-order chi connectivity index (χ0) is 10.9. The van der Waals surface area contributed by atoms with E-state index in [1.807, 2.05) is 13.8 Å². The molecule has 0 atom stereocenters. The lowest BCUT2D eigenvalue weighted by molar-refractivity contribution is -0.337. The molecule has 0 fully saturated rings. The molecule has 0 aromatic heterocycles. The monoisotopic (exact) mass is 206 g/mol. The smallest absolute Gasteiger partial charge is 0.382 e. The highest BCUT2D eigenvalue weighted by Gasteiger charge is 2.42. The molecule has 80 valence electrons. The van der Waals surface area contributed by atoms with Gasteiger partial charge in [-0.2, -0.15) is 13.2 Å². The summed E-state index contributed by atoms with van der Waals surface area (Å²) in [6, 6.07) is -3.15. The third-order valence-corrected chi connectivity index (χ3v) is 0.734. The fraction of sp³-hybridized carbons (Fsp3) is 0.833. The van der Waals surface area contributed by atoms with Crippen molar-refractivity contribution in [2.45, 2.75) is 20.0 Å². The summed E-state index contributed by atoms with van der Waals surface area (Å²) in [5.74, 6) is 0. The molecule has 0 aliphatic heterocycles. The first-order valence-electron chi connectivity index (χ1n) is 3.37. The van der Waals surface area contributed by atoms with Crippen LogP contribution in [0.4, 0.5) is 17.7 Å². The van der Waals surface area contributed by atoms with Gasteiger partial charge in [0.1, 0.15) is 0 Å². The number of hydrogen-bond donors (Lipinski definition) is 0. The number of hydrogen-bond acceptors (Lipinski definition) is 3. The van der Waals surface area contributed by atoms with Crippen LogP contribution in [0.25, 0.3) is 0 Å². The predicted octanol–water partition coefficient (Wildman–Crippen LogP) is 2.02. The Bertz CT molecular complexity index is 138. The molecule has 13 heavy (non-hydrogen) atoms. The molecule has 0 aliphatic rings. The maximum atomic E-state index is 11.0. The van der Waals surface area contributed by atoms with Crippen LogP contribution >= 0.6 is 0 Å². The first-order chi connectivity index (χ1) is 5.92. The first-order valence-corrected chi connectivity index (χ1v) is 3.37. The highest BCUT2D eigenvalue weighted by molar-refractivity contribution is 5.74. The van der Waals surface area contributed by atoms with Crippen molar-refractivity contribution in [2.24, 2.45) is 0 Å². The summed E-state index contributed by atoms with van der Waals surface area (Å²) in [5, 5.41) is 0. The molecular weight excluding hydrogens is 196 g/mol. The van der Waals surface area contributed by atoms with Gasteiger partial charge in [-0.05, 0) is 18.4 Å². The van der Waals surface area contributed by atoms with Crippen LogP contribution in [0.15, 0.2) is 0 Å². The molecule has 0 unspecified atom stereocenters. The largest absolute Gasteiger partial charge is 0.478 e. The number of halogens is 4. The molecule has 0 aliphatic carbocycles. The third kappa shape index (κ3) is 9.22. The molecule has 0 saturated heterocycles. The molecular formula is C6H10F4O3. The van der Waals surface area contributed by atoms with Gasteiger partial charge in [0, 0.05) is 13.2 Å². The second kappa shape index (κ2) is 7.93. The van der Waals surface area contributed by atoms with Gasteiger partial charge in [0.25, 0.3) is 0 Å². The van der Waals surface area contributed by atoms with E-state index in [9.17, 15) is 17.7 Å². The van der Waals surface area contributed by atoms with Crippen LogP contribution in [-0.4, -0.2) is 25.4 Å². The fourth-order valence-electron chi connectivity index (χ4n) is 0.234. The van der Waals surface area contributed by atoms with Crippen molar-refractivity contribution >= 4 is 6.04 Å². The van der Waals surface area contributed by atoms with E-state index in [4.69, 9.17) is 9.53 Å². The van der Waals surface area contributed by atoms with Crippen molar-refractivity contribution in [3.63, 3.8) is 0 Å². The fourth-order valence-corrected chi connectivity index (χ4v) is 0.234. The van der Waals surface area contributed by atoms with Gasteiger partial charge < -0.3 is 4.74 Å². The van der Waals surface area contributed by atoms with Crippen molar-refractivity contribution in [1.29, 1.82) is 0 Å². The zero-order valence-corrected chi connectivity index (χ0v) is 7.15. The summed E-state index contributed by atoms with van der Waals surface area (Å²) in [7, 11) is 0. The van der Waals surface area contributed by atoms with Gasteiger partial charge in [-0.3, -0.25) is 4.79 Å². The summed E-state index contributed by atoms with van der Waals surface area (Å²) in [4.78, 5) is 10.6. The molecule has 0 amide bonds. The minimum atomic E-state index is -4.93. The van der Waals surface area contributed by atoms with Crippen molar-refractivity contribution in [1.82, 2.24) is 0 Å². The van der Waals surface area contributed by atoms with E-state index in [0.717, 1.165) is 13.2 Å². The van der Waals surface area contributed by atoms with Gasteiger partial charge in [-0.25, -0.2) is 0 Å². The normalized spacial score (nSPS) is 10.3. The second-order valence-electron chi connectivity index (χ2n) is 1.65. The third-order valence-electron chi connectivity index (χ3n) is 0.734. The van der Waals surface area contributed by atoms with Gasteiger partial charge in [0.15, 0.2) is 0 Å². The average Bonchev–Trinajstić information content (AvgIpc) is 2.07. The number of rotatable bonds is 4. The van der Waals surface area contributed by atoms with Crippen LogP contribution in [0.3, 0.4) is 0 Å². The summed E-state index contributed by atoms with van der Waals surface area (Å²) < 4.78 is 47.8. The first kappa shape index (κ1) is 14.8. The van der Waals surface area contributed by atoms with Crippen LogP contribution in [0.5, 0.6) is 0 Å². The van der Waals surface area contributed by atoms with E-state index >= 15 is 0 Å². The summed E-state index contributed by atoms with van der Waals surface area (Å²) in [5.41, 5.74) is 0. The van der Waals surface area contributed by atoms with Crippen molar-refractivity contribution in [3.05, 3.63) is 0 Å². The lowest BCUT2D eigenvalue weighted by Gasteiger charge is -1.99. The topological polar surface area (TPSA) is 35.5 Å². The highest BCUT2D eigenvalue weighted by atomic mass is 19.4.